The zero-order chi connectivity index (χ0) is 14.5. The van der Waals surface area contributed by atoms with Crippen molar-refractivity contribution in [3.05, 3.63) is 34.3 Å². The Labute approximate surface area is 123 Å². The van der Waals surface area contributed by atoms with Crippen molar-refractivity contribution in [1.82, 2.24) is 5.32 Å². The first-order valence-corrected chi connectivity index (χ1v) is 7.23. The summed E-state index contributed by atoms with van der Waals surface area (Å²) in [6, 6.07) is 8.02. The number of ether oxygens (including phenoxy) is 1. The van der Waals surface area contributed by atoms with Crippen LogP contribution in [0.3, 0.4) is 0 Å². The second kappa shape index (κ2) is 7.06. The molecule has 0 saturated carbocycles. The number of carbonyl (C=O) groups excluding carboxylic acids is 1. The van der Waals surface area contributed by atoms with Crippen LogP contribution in [0.5, 0.6) is 0 Å². The predicted molar refractivity (Wildman–Crippen MR) is 81.1 cm³/mol. The quantitative estimate of drug-likeness (QED) is 0.844. The molecule has 0 aliphatic rings. The molecule has 0 spiro atoms. The molecule has 1 atom stereocenters. The minimum atomic E-state index is -0.442. The fourth-order valence-corrected chi connectivity index (χ4v) is 2.04. The molecule has 0 amide bonds. The second-order valence-corrected chi connectivity index (χ2v) is 6.53. The highest BCUT2D eigenvalue weighted by atomic mass is 79.9. The van der Waals surface area contributed by atoms with E-state index in [1.165, 1.54) is 0 Å². The number of hydrogen-bond acceptors (Lipinski definition) is 3. The number of rotatable bonds is 5. The highest BCUT2D eigenvalue weighted by Crippen LogP contribution is 2.17. The van der Waals surface area contributed by atoms with Crippen LogP contribution in [0.15, 0.2) is 28.7 Å². The Hall–Kier alpha value is -0.870. The van der Waals surface area contributed by atoms with Crippen molar-refractivity contribution in [2.45, 2.75) is 32.8 Å². The van der Waals surface area contributed by atoms with Gasteiger partial charge in [0.1, 0.15) is 5.60 Å². The highest BCUT2D eigenvalue weighted by molar-refractivity contribution is 9.10. The zero-order valence-corrected chi connectivity index (χ0v) is 13.6. The Morgan fingerprint density at radius 3 is 2.37 bits per heavy atom. The first-order valence-electron chi connectivity index (χ1n) is 6.44. The van der Waals surface area contributed by atoms with E-state index in [1.54, 1.807) is 0 Å². The number of carbonyl (C=O) groups is 1. The van der Waals surface area contributed by atoms with Crippen LogP contribution in [0.1, 0.15) is 26.3 Å². The van der Waals surface area contributed by atoms with E-state index < -0.39 is 5.60 Å². The molecule has 4 heteroatoms. The van der Waals surface area contributed by atoms with E-state index >= 15 is 0 Å². The highest BCUT2D eigenvalue weighted by Gasteiger charge is 2.24. The lowest BCUT2D eigenvalue weighted by Crippen LogP contribution is -2.34. The first-order chi connectivity index (χ1) is 8.81. The molecule has 0 radical (unpaired) electrons. The normalized spacial score (nSPS) is 13.1. The lowest BCUT2D eigenvalue weighted by atomic mass is 9.99. The lowest BCUT2D eigenvalue weighted by molar-refractivity contribution is -0.159. The number of nitrogens with one attached hydrogen (secondary N) is 1. The summed E-state index contributed by atoms with van der Waals surface area (Å²) >= 11 is 3.41. The molecule has 1 aromatic carbocycles. The number of benzene rings is 1. The maximum Gasteiger partial charge on any atom is 0.311 e. The summed E-state index contributed by atoms with van der Waals surface area (Å²) in [5.74, 6) is -0.310. The summed E-state index contributed by atoms with van der Waals surface area (Å²) in [5, 5.41) is 3.06. The third kappa shape index (κ3) is 6.21. The summed E-state index contributed by atoms with van der Waals surface area (Å²) in [5.41, 5.74) is 0.692. The molecule has 0 unspecified atom stereocenters. The van der Waals surface area contributed by atoms with Crippen LogP contribution in [0, 0.1) is 5.92 Å². The molecule has 1 N–H and O–H groups in total. The van der Waals surface area contributed by atoms with E-state index in [0.717, 1.165) is 10.0 Å². The molecule has 0 heterocycles. The molecule has 106 valence electrons. The van der Waals surface area contributed by atoms with Crippen LogP contribution < -0.4 is 5.32 Å². The lowest BCUT2D eigenvalue weighted by Gasteiger charge is -2.24. The van der Waals surface area contributed by atoms with Crippen molar-refractivity contribution in [2.24, 2.45) is 5.92 Å². The molecule has 0 aliphatic heterocycles. The predicted octanol–water partition coefficient (Wildman–Crippen LogP) is 3.17. The van der Waals surface area contributed by atoms with Crippen molar-refractivity contribution >= 4 is 21.9 Å². The average Bonchev–Trinajstić information content (AvgIpc) is 2.29. The second-order valence-electron chi connectivity index (χ2n) is 5.62. The van der Waals surface area contributed by atoms with Gasteiger partial charge in [0.15, 0.2) is 0 Å². The van der Waals surface area contributed by atoms with Crippen LogP contribution in [-0.2, 0) is 16.0 Å². The molecule has 3 nitrogen and oxygen atoms in total. The molecule has 1 rings (SSSR count). The van der Waals surface area contributed by atoms with E-state index in [2.05, 4.69) is 21.2 Å². The van der Waals surface area contributed by atoms with Crippen molar-refractivity contribution in [3.63, 3.8) is 0 Å². The maximum absolute atomic E-state index is 12.1. The Balaban J connectivity index is 2.72. The van der Waals surface area contributed by atoms with Crippen LogP contribution in [0.4, 0.5) is 0 Å². The monoisotopic (exact) mass is 327 g/mol. The zero-order valence-electron chi connectivity index (χ0n) is 12.0. The van der Waals surface area contributed by atoms with Crippen molar-refractivity contribution in [2.75, 3.05) is 13.6 Å². The minimum Gasteiger partial charge on any atom is -0.460 e. The molecule has 0 fully saturated rings. The van der Waals surface area contributed by atoms with E-state index in [9.17, 15) is 4.79 Å². The van der Waals surface area contributed by atoms with E-state index in [-0.39, 0.29) is 11.9 Å². The molecular formula is C15H22BrNO2. The van der Waals surface area contributed by atoms with Gasteiger partial charge in [0.2, 0.25) is 0 Å². The molecule has 19 heavy (non-hydrogen) atoms. The Kier molecular flexibility index (Phi) is 6.01. The molecule has 0 aliphatic carbocycles. The van der Waals surface area contributed by atoms with Gasteiger partial charge >= 0.3 is 5.97 Å². The van der Waals surface area contributed by atoms with Crippen LogP contribution >= 0.6 is 15.9 Å². The molecule has 0 bridgehead atoms. The van der Waals surface area contributed by atoms with Crippen molar-refractivity contribution in [3.8, 4) is 0 Å². The van der Waals surface area contributed by atoms with Gasteiger partial charge in [-0.1, -0.05) is 28.1 Å². The van der Waals surface area contributed by atoms with E-state index in [0.29, 0.717) is 13.0 Å². The van der Waals surface area contributed by atoms with Gasteiger partial charge < -0.3 is 10.1 Å². The molecule has 0 saturated heterocycles. The van der Waals surface area contributed by atoms with Crippen molar-refractivity contribution in [1.29, 1.82) is 0 Å². The summed E-state index contributed by atoms with van der Waals surface area (Å²) in [4.78, 5) is 12.1. The summed E-state index contributed by atoms with van der Waals surface area (Å²) in [6.45, 7) is 6.29. The fraction of sp³-hybridized carbons (Fsp3) is 0.533. The van der Waals surface area contributed by atoms with E-state index in [4.69, 9.17) is 4.74 Å². The van der Waals surface area contributed by atoms with E-state index in [1.807, 2.05) is 52.1 Å². The fourth-order valence-electron chi connectivity index (χ4n) is 1.78. The Bertz CT molecular complexity index is 409. The third-order valence-electron chi connectivity index (χ3n) is 2.59. The largest absolute Gasteiger partial charge is 0.460 e. The van der Waals surface area contributed by atoms with Gasteiger partial charge in [0.05, 0.1) is 5.92 Å². The topological polar surface area (TPSA) is 38.3 Å². The third-order valence-corrected chi connectivity index (χ3v) is 3.11. The maximum atomic E-state index is 12.1. The van der Waals surface area contributed by atoms with Crippen LogP contribution in [0.25, 0.3) is 0 Å². The number of hydrogen-bond donors (Lipinski definition) is 1. The molecule has 1 aromatic rings. The van der Waals surface area contributed by atoms with Gasteiger partial charge in [0, 0.05) is 11.0 Å². The SMILES string of the molecule is CNC[C@H](Cc1ccc(Br)cc1)C(=O)OC(C)(C)C. The Morgan fingerprint density at radius 2 is 1.89 bits per heavy atom. The van der Waals surface area contributed by atoms with Gasteiger partial charge in [-0.25, -0.2) is 0 Å². The molecular weight excluding hydrogens is 306 g/mol. The first kappa shape index (κ1) is 16.2. The van der Waals surface area contributed by atoms with Gasteiger partial charge in [-0.15, -0.1) is 0 Å². The number of halogens is 1. The summed E-state index contributed by atoms with van der Waals surface area (Å²) in [7, 11) is 1.85. The smallest absolute Gasteiger partial charge is 0.311 e. The van der Waals surface area contributed by atoms with Crippen molar-refractivity contribution < 1.29 is 9.53 Å². The van der Waals surface area contributed by atoms with Crippen LogP contribution in [0.2, 0.25) is 0 Å². The van der Waals surface area contributed by atoms with Gasteiger partial charge in [-0.2, -0.15) is 0 Å². The van der Waals surface area contributed by atoms with Gasteiger partial charge in [-0.05, 0) is 51.9 Å². The number of esters is 1. The average molecular weight is 328 g/mol. The standard InChI is InChI=1S/C15H22BrNO2/c1-15(2,3)19-14(18)12(10-17-4)9-11-5-7-13(16)8-6-11/h5-8,12,17H,9-10H2,1-4H3/t12-/m0/s1. The van der Waals surface area contributed by atoms with Crippen LogP contribution in [-0.4, -0.2) is 25.2 Å². The Morgan fingerprint density at radius 1 is 1.32 bits per heavy atom. The molecule has 0 aromatic heterocycles. The van der Waals surface area contributed by atoms with Gasteiger partial charge in [-0.3, -0.25) is 4.79 Å². The van der Waals surface area contributed by atoms with Gasteiger partial charge in [0.25, 0.3) is 0 Å². The summed E-state index contributed by atoms with van der Waals surface area (Å²) in [6.07, 6.45) is 0.684. The summed E-state index contributed by atoms with van der Waals surface area (Å²) < 4.78 is 6.50. The minimum absolute atomic E-state index is 0.148.